The fraction of sp³-hybridized carbons (Fsp3) is 0.462. The maximum Gasteiger partial charge on any atom is 0.236 e. The summed E-state index contributed by atoms with van der Waals surface area (Å²) < 4.78 is 5.58. The van der Waals surface area contributed by atoms with E-state index in [1.165, 1.54) is 0 Å². The molecule has 0 unspecified atom stereocenters. The SMILES string of the molecule is O=C1CNCCCN1CCOc1ccccc1. The smallest absolute Gasteiger partial charge is 0.236 e. The van der Waals surface area contributed by atoms with Crippen LogP contribution >= 0.6 is 0 Å². The maximum absolute atomic E-state index is 11.7. The number of rotatable bonds is 4. The third-order valence-corrected chi connectivity index (χ3v) is 2.78. The second-order valence-corrected chi connectivity index (χ2v) is 4.07. The Morgan fingerprint density at radius 3 is 2.94 bits per heavy atom. The van der Waals surface area contributed by atoms with Gasteiger partial charge in [-0.25, -0.2) is 0 Å². The zero-order chi connectivity index (χ0) is 11.9. The zero-order valence-electron chi connectivity index (χ0n) is 9.89. The molecule has 2 rings (SSSR count). The summed E-state index contributed by atoms with van der Waals surface area (Å²) in [4.78, 5) is 13.5. The quantitative estimate of drug-likeness (QED) is 0.841. The summed E-state index contributed by atoms with van der Waals surface area (Å²) in [5, 5.41) is 3.10. The molecule has 0 aliphatic carbocycles. The Kier molecular flexibility index (Phi) is 4.38. The minimum absolute atomic E-state index is 0.166. The minimum Gasteiger partial charge on any atom is -0.492 e. The first-order valence-electron chi connectivity index (χ1n) is 6.02. The average Bonchev–Trinajstić information content (AvgIpc) is 2.56. The van der Waals surface area contributed by atoms with Crippen molar-refractivity contribution in [1.82, 2.24) is 10.2 Å². The summed E-state index contributed by atoms with van der Waals surface area (Å²) in [6.45, 7) is 3.41. The Morgan fingerprint density at radius 2 is 2.12 bits per heavy atom. The molecule has 0 radical (unpaired) electrons. The van der Waals surface area contributed by atoms with E-state index in [-0.39, 0.29) is 5.91 Å². The summed E-state index contributed by atoms with van der Waals surface area (Å²) in [7, 11) is 0. The molecule has 0 spiro atoms. The lowest BCUT2D eigenvalue weighted by Crippen LogP contribution is -2.37. The lowest BCUT2D eigenvalue weighted by atomic mass is 10.3. The van der Waals surface area contributed by atoms with Gasteiger partial charge in [-0.2, -0.15) is 0 Å². The van der Waals surface area contributed by atoms with Crippen LogP contribution in [0.3, 0.4) is 0 Å². The van der Waals surface area contributed by atoms with Crippen LogP contribution in [0.4, 0.5) is 0 Å². The van der Waals surface area contributed by atoms with Gasteiger partial charge in [0.2, 0.25) is 5.91 Å². The summed E-state index contributed by atoms with van der Waals surface area (Å²) >= 11 is 0. The Morgan fingerprint density at radius 1 is 1.29 bits per heavy atom. The minimum atomic E-state index is 0.166. The van der Waals surface area contributed by atoms with E-state index in [9.17, 15) is 4.79 Å². The van der Waals surface area contributed by atoms with Crippen molar-refractivity contribution in [3.05, 3.63) is 30.3 Å². The van der Waals surface area contributed by atoms with Crippen LogP contribution in [0.15, 0.2) is 30.3 Å². The average molecular weight is 234 g/mol. The highest BCUT2D eigenvalue weighted by atomic mass is 16.5. The zero-order valence-corrected chi connectivity index (χ0v) is 9.89. The number of hydrogen-bond acceptors (Lipinski definition) is 3. The standard InChI is InChI=1S/C13H18N2O2/c16-13-11-14-7-4-8-15(13)9-10-17-12-5-2-1-3-6-12/h1-3,5-6,14H,4,7-11H2. The number of amides is 1. The molecule has 0 atom stereocenters. The van der Waals surface area contributed by atoms with E-state index in [0.717, 1.165) is 25.3 Å². The van der Waals surface area contributed by atoms with Gasteiger partial charge in [0.1, 0.15) is 12.4 Å². The van der Waals surface area contributed by atoms with Gasteiger partial charge in [0, 0.05) is 6.54 Å². The van der Waals surface area contributed by atoms with Crippen molar-refractivity contribution >= 4 is 5.91 Å². The van der Waals surface area contributed by atoms with E-state index >= 15 is 0 Å². The lowest BCUT2D eigenvalue weighted by molar-refractivity contribution is -0.129. The van der Waals surface area contributed by atoms with E-state index in [0.29, 0.717) is 19.7 Å². The number of benzene rings is 1. The largest absolute Gasteiger partial charge is 0.492 e. The summed E-state index contributed by atoms with van der Waals surface area (Å²) in [5.74, 6) is 1.02. The molecule has 1 heterocycles. The molecule has 1 saturated heterocycles. The van der Waals surface area contributed by atoms with Gasteiger partial charge in [-0.3, -0.25) is 4.79 Å². The van der Waals surface area contributed by atoms with Crippen molar-refractivity contribution in [3.63, 3.8) is 0 Å². The van der Waals surface area contributed by atoms with E-state index in [4.69, 9.17) is 4.74 Å². The topological polar surface area (TPSA) is 41.6 Å². The van der Waals surface area contributed by atoms with Gasteiger partial charge in [-0.1, -0.05) is 18.2 Å². The fourth-order valence-corrected chi connectivity index (χ4v) is 1.85. The van der Waals surface area contributed by atoms with Gasteiger partial charge in [-0.15, -0.1) is 0 Å². The van der Waals surface area contributed by atoms with Gasteiger partial charge in [-0.05, 0) is 25.1 Å². The second kappa shape index (κ2) is 6.25. The molecule has 0 aromatic heterocycles. The van der Waals surface area contributed by atoms with Crippen molar-refractivity contribution in [2.24, 2.45) is 0 Å². The van der Waals surface area contributed by atoms with Gasteiger partial charge in [0.25, 0.3) is 0 Å². The van der Waals surface area contributed by atoms with Crippen molar-refractivity contribution < 1.29 is 9.53 Å². The molecule has 0 bridgehead atoms. The highest BCUT2D eigenvalue weighted by Crippen LogP contribution is 2.08. The number of carbonyl (C=O) groups excluding carboxylic acids is 1. The van der Waals surface area contributed by atoms with Crippen LogP contribution in [-0.2, 0) is 4.79 Å². The number of nitrogens with zero attached hydrogens (tertiary/aromatic N) is 1. The Labute approximate surface area is 102 Å². The van der Waals surface area contributed by atoms with Crippen LogP contribution in [0.5, 0.6) is 5.75 Å². The molecule has 1 fully saturated rings. The van der Waals surface area contributed by atoms with E-state index < -0.39 is 0 Å². The maximum atomic E-state index is 11.7. The van der Waals surface area contributed by atoms with Crippen LogP contribution in [0, 0.1) is 0 Å². The van der Waals surface area contributed by atoms with Crippen molar-refractivity contribution in [3.8, 4) is 5.75 Å². The van der Waals surface area contributed by atoms with Gasteiger partial charge in [0.15, 0.2) is 0 Å². The number of para-hydroxylation sites is 1. The van der Waals surface area contributed by atoms with Crippen LogP contribution < -0.4 is 10.1 Å². The van der Waals surface area contributed by atoms with Crippen LogP contribution in [0.1, 0.15) is 6.42 Å². The van der Waals surface area contributed by atoms with Crippen molar-refractivity contribution in [2.45, 2.75) is 6.42 Å². The predicted octanol–water partition coefficient (Wildman–Crippen LogP) is 0.887. The highest BCUT2D eigenvalue weighted by Gasteiger charge is 2.15. The number of carbonyl (C=O) groups is 1. The summed E-state index contributed by atoms with van der Waals surface area (Å²) in [5.41, 5.74) is 0. The molecule has 17 heavy (non-hydrogen) atoms. The van der Waals surface area contributed by atoms with Crippen LogP contribution in [0.25, 0.3) is 0 Å². The molecule has 1 amide bonds. The molecule has 4 nitrogen and oxygen atoms in total. The normalized spacial score (nSPS) is 16.7. The molecule has 0 saturated carbocycles. The molecular formula is C13H18N2O2. The molecule has 1 N–H and O–H groups in total. The summed E-state index contributed by atoms with van der Waals surface area (Å²) in [6, 6.07) is 9.68. The predicted molar refractivity (Wildman–Crippen MR) is 66.0 cm³/mol. The van der Waals surface area contributed by atoms with Crippen molar-refractivity contribution in [1.29, 1.82) is 0 Å². The Hall–Kier alpha value is -1.55. The third kappa shape index (κ3) is 3.75. The van der Waals surface area contributed by atoms with Gasteiger partial charge < -0.3 is 15.0 Å². The summed E-state index contributed by atoms with van der Waals surface area (Å²) in [6.07, 6.45) is 1.01. The number of nitrogens with one attached hydrogen (secondary N) is 1. The molecule has 1 aliphatic rings. The molecule has 1 aliphatic heterocycles. The van der Waals surface area contributed by atoms with Gasteiger partial charge >= 0.3 is 0 Å². The molecular weight excluding hydrogens is 216 g/mol. The molecule has 4 heteroatoms. The second-order valence-electron chi connectivity index (χ2n) is 4.07. The van der Waals surface area contributed by atoms with Crippen LogP contribution in [-0.4, -0.2) is 43.6 Å². The Balaban J connectivity index is 1.75. The lowest BCUT2D eigenvalue weighted by Gasteiger charge is -2.20. The number of ether oxygens (including phenoxy) is 1. The fourth-order valence-electron chi connectivity index (χ4n) is 1.85. The Bertz CT molecular complexity index is 354. The van der Waals surface area contributed by atoms with E-state index in [1.54, 1.807) is 0 Å². The highest BCUT2D eigenvalue weighted by molar-refractivity contribution is 5.78. The first-order valence-corrected chi connectivity index (χ1v) is 6.02. The van der Waals surface area contributed by atoms with E-state index in [1.807, 2.05) is 35.2 Å². The third-order valence-electron chi connectivity index (χ3n) is 2.78. The molecule has 92 valence electrons. The molecule has 1 aromatic rings. The number of hydrogen-bond donors (Lipinski definition) is 1. The first kappa shape index (κ1) is 11.9. The van der Waals surface area contributed by atoms with Crippen LogP contribution in [0.2, 0.25) is 0 Å². The van der Waals surface area contributed by atoms with Gasteiger partial charge in [0.05, 0.1) is 13.1 Å². The first-order chi connectivity index (χ1) is 8.36. The molecule has 1 aromatic carbocycles. The monoisotopic (exact) mass is 234 g/mol. The van der Waals surface area contributed by atoms with Crippen molar-refractivity contribution in [2.75, 3.05) is 32.8 Å². The van der Waals surface area contributed by atoms with E-state index in [2.05, 4.69) is 5.32 Å².